The number of carbonyl (C=O) groups excluding carboxylic acids is 1. The molecule has 1 amide bonds. The molecule has 0 aliphatic rings. The molecule has 0 spiro atoms. The molecule has 0 fully saturated rings. The number of nitrogens with zero attached hydrogens (tertiary/aromatic N) is 1. The lowest BCUT2D eigenvalue weighted by Crippen LogP contribution is -2.14. The Hall–Kier alpha value is -1.89. The van der Waals surface area contributed by atoms with Crippen molar-refractivity contribution in [3.05, 3.63) is 40.4 Å². The number of amides is 1. The van der Waals surface area contributed by atoms with Crippen LogP contribution in [0.4, 0.5) is 15.8 Å². The number of carbonyl (C=O) groups is 1. The number of halogens is 2. The van der Waals surface area contributed by atoms with E-state index in [4.69, 9.17) is 5.73 Å². The second-order valence-electron chi connectivity index (χ2n) is 3.28. The van der Waals surface area contributed by atoms with Gasteiger partial charge in [0.15, 0.2) is 0 Å². The first-order valence-corrected chi connectivity index (χ1v) is 5.42. The second-order valence-corrected chi connectivity index (χ2v) is 4.14. The SMILES string of the molecule is Nc1cn[nH]c1C(=O)Nc1ccc(F)c(Br)c1. The summed E-state index contributed by atoms with van der Waals surface area (Å²) >= 11 is 3.03. The van der Waals surface area contributed by atoms with Gasteiger partial charge in [0.2, 0.25) is 0 Å². The van der Waals surface area contributed by atoms with Gasteiger partial charge in [-0.05, 0) is 34.1 Å². The average Bonchev–Trinajstić information content (AvgIpc) is 2.70. The van der Waals surface area contributed by atoms with E-state index in [0.29, 0.717) is 5.69 Å². The topological polar surface area (TPSA) is 83.8 Å². The molecule has 2 rings (SSSR count). The number of aromatic amines is 1. The van der Waals surface area contributed by atoms with E-state index in [2.05, 4.69) is 31.4 Å². The maximum atomic E-state index is 13.0. The molecule has 1 aromatic heterocycles. The Balaban J connectivity index is 2.19. The van der Waals surface area contributed by atoms with Crippen molar-refractivity contribution < 1.29 is 9.18 Å². The molecule has 0 aliphatic heterocycles. The van der Waals surface area contributed by atoms with E-state index < -0.39 is 11.7 Å². The molecule has 4 N–H and O–H groups in total. The summed E-state index contributed by atoms with van der Waals surface area (Å²) in [5.41, 5.74) is 6.41. The highest BCUT2D eigenvalue weighted by atomic mass is 79.9. The number of rotatable bonds is 2. The highest BCUT2D eigenvalue weighted by molar-refractivity contribution is 9.10. The number of aromatic nitrogens is 2. The van der Waals surface area contributed by atoms with E-state index in [0.717, 1.165) is 0 Å². The minimum Gasteiger partial charge on any atom is -0.396 e. The van der Waals surface area contributed by atoms with Gasteiger partial charge in [0, 0.05) is 5.69 Å². The van der Waals surface area contributed by atoms with Gasteiger partial charge in [-0.15, -0.1) is 0 Å². The summed E-state index contributed by atoms with van der Waals surface area (Å²) in [5.74, 6) is -0.831. The van der Waals surface area contributed by atoms with Crippen LogP contribution < -0.4 is 11.1 Å². The van der Waals surface area contributed by atoms with Gasteiger partial charge in [0.05, 0.1) is 16.4 Å². The Morgan fingerprint density at radius 1 is 1.53 bits per heavy atom. The summed E-state index contributed by atoms with van der Waals surface area (Å²) in [4.78, 5) is 11.7. The van der Waals surface area contributed by atoms with Gasteiger partial charge in [0.25, 0.3) is 5.91 Å². The van der Waals surface area contributed by atoms with Crippen LogP contribution in [0.3, 0.4) is 0 Å². The van der Waals surface area contributed by atoms with Crippen LogP contribution in [0.1, 0.15) is 10.5 Å². The van der Waals surface area contributed by atoms with Crippen LogP contribution in [0.25, 0.3) is 0 Å². The zero-order valence-electron chi connectivity index (χ0n) is 8.50. The zero-order chi connectivity index (χ0) is 12.4. The molecule has 17 heavy (non-hydrogen) atoms. The molecule has 1 aromatic carbocycles. The first-order chi connectivity index (χ1) is 8.08. The van der Waals surface area contributed by atoms with Crippen molar-refractivity contribution in [2.75, 3.05) is 11.1 Å². The molecule has 0 unspecified atom stereocenters. The van der Waals surface area contributed by atoms with Gasteiger partial charge in [-0.1, -0.05) is 0 Å². The summed E-state index contributed by atoms with van der Waals surface area (Å²) < 4.78 is 13.2. The van der Waals surface area contributed by atoms with Gasteiger partial charge < -0.3 is 11.1 Å². The normalized spacial score (nSPS) is 10.2. The largest absolute Gasteiger partial charge is 0.396 e. The molecule has 0 bridgehead atoms. The van der Waals surface area contributed by atoms with Crippen LogP contribution in [0, 0.1) is 5.82 Å². The molecular weight excluding hydrogens is 291 g/mol. The van der Waals surface area contributed by atoms with Crippen LogP contribution in [-0.4, -0.2) is 16.1 Å². The number of nitrogens with two attached hydrogens (primary N) is 1. The fourth-order valence-electron chi connectivity index (χ4n) is 1.24. The van der Waals surface area contributed by atoms with Crippen molar-refractivity contribution in [2.45, 2.75) is 0 Å². The second kappa shape index (κ2) is 4.54. The molecule has 0 saturated carbocycles. The predicted molar refractivity (Wildman–Crippen MR) is 65.1 cm³/mol. The van der Waals surface area contributed by atoms with E-state index >= 15 is 0 Å². The lowest BCUT2D eigenvalue weighted by atomic mass is 10.3. The van der Waals surface area contributed by atoms with Crippen LogP contribution in [-0.2, 0) is 0 Å². The third-order valence-corrected chi connectivity index (χ3v) is 2.68. The van der Waals surface area contributed by atoms with Crippen molar-refractivity contribution >= 4 is 33.2 Å². The summed E-state index contributed by atoms with van der Waals surface area (Å²) in [5, 5.41) is 8.68. The van der Waals surface area contributed by atoms with Gasteiger partial charge in [0.1, 0.15) is 11.5 Å². The smallest absolute Gasteiger partial charge is 0.275 e. The van der Waals surface area contributed by atoms with Crippen LogP contribution in [0.5, 0.6) is 0 Å². The van der Waals surface area contributed by atoms with Crippen molar-refractivity contribution in [1.29, 1.82) is 0 Å². The Kier molecular flexibility index (Phi) is 3.10. The predicted octanol–water partition coefficient (Wildman–Crippen LogP) is 2.15. The summed E-state index contributed by atoms with van der Waals surface area (Å²) in [6.07, 6.45) is 1.34. The summed E-state index contributed by atoms with van der Waals surface area (Å²) in [6, 6.07) is 4.15. The van der Waals surface area contributed by atoms with Gasteiger partial charge in [-0.2, -0.15) is 5.10 Å². The molecule has 0 saturated heterocycles. The van der Waals surface area contributed by atoms with Gasteiger partial charge in [-0.3, -0.25) is 9.89 Å². The number of hydrogen-bond acceptors (Lipinski definition) is 3. The van der Waals surface area contributed by atoms with Gasteiger partial charge >= 0.3 is 0 Å². The highest BCUT2D eigenvalue weighted by Crippen LogP contribution is 2.20. The maximum absolute atomic E-state index is 13.0. The molecular formula is C10H8BrFN4O. The zero-order valence-corrected chi connectivity index (χ0v) is 10.1. The number of anilines is 2. The van der Waals surface area contributed by atoms with Crippen molar-refractivity contribution in [1.82, 2.24) is 10.2 Å². The van der Waals surface area contributed by atoms with E-state index in [9.17, 15) is 9.18 Å². The quantitative estimate of drug-likeness (QED) is 0.794. The Morgan fingerprint density at radius 2 is 2.29 bits per heavy atom. The minimum atomic E-state index is -0.432. The van der Waals surface area contributed by atoms with E-state index in [-0.39, 0.29) is 15.9 Å². The maximum Gasteiger partial charge on any atom is 0.275 e. The van der Waals surface area contributed by atoms with Crippen LogP contribution in [0.2, 0.25) is 0 Å². The van der Waals surface area contributed by atoms with E-state index in [1.807, 2.05) is 0 Å². The first kappa shape index (κ1) is 11.6. The van der Waals surface area contributed by atoms with E-state index in [1.54, 1.807) is 0 Å². The Bertz CT molecular complexity index is 569. The van der Waals surface area contributed by atoms with Crippen LogP contribution >= 0.6 is 15.9 Å². The average molecular weight is 299 g/mol. The van der Waals surface area contributed by atoms with Crippen molar-refractivity contribution in [3.8, 4) is 0 Å². The Labute approximate surface area is 104 Å². The lowest BCUT2D eigenvalue weighted by Gasteiger charge is -2.05. The number of nitrogens with one attached hydrogen (secondary N) is 2. The molecule has 88 valence electrons. The third kappa shape index (κ3) is 2.44. The minimum absolute atomic E-state index is 0.172. The Morgan fingerprint density at radius 3 is 2.88 bits per heavy atom. The molecule has 1 heterocycles. The summed E-state index contributed by atoms with van der Waals surface area (Å²) in [7, 11) is 0. The summed E-state index contributed by atoms with van der Waals surface area (Å²) in [6.45, 7) is 0. The fourth-order valence-corrected chi connectivity index (χ4v) is 1.62. The fraction of sp³-hybridized carbons (Fsp3) is 0. The highest BCUT2D eigenvalue weighted by Gasteiger charge is 2.12. The van der Waals surface area contributed by atoms with Gasteiger partial charge in [-0.25, -0.2) is 4.39 Å². The number of hydrogen-bond donors (Lipinski definition) is 3. The molecule has 7 heteroatoms. The number of nitrogen functional groups attached to an aromatic ring is 1. The molecule has 2 aromatic rings. The lowest BCUT2D eigenvalue weighted by molar-refractivity contribution is 0.102. The molecule has 0 aliphatic carbocycles. The van der Waals surface area contributed by atoms with Crippen LogP contribution in [0.15, 0.2) is 28.9 Å². The standard InChI is InChI=1S/C10H8BrFN4O/c11-6-3-5(1-2-7(6)12)15-10(17)9-8(13)4-14-16-9/h1-4H,13H2,(H,14,16)(H,15,17). The molecule has 0 atom stereocenters. The number of benzene rings is 1. The first-order valence-electron chi connectivity index (χ1n) is 4.63. The van der Waals surface area contributed by atoms with E-state index in [1.165, 1.54) is 24.4 Å². The monoisotopic (exact) mass is 298 g/mol. The molecule has 0 radical (unpaired) electrons. The third-order valence-electron chi connectivity index (χ3n) is 2.07. The molecule has 5 nitrogen and oxygen atoms in total. The van der Waals surface area contributed by atoms with Crippen molar-refractivity contribution in [2.24, 2.45) is 0 Å². The number of H-pyrrole nitrogens is 1. The van der Waals surface area contributed by atoms with Crippen molar-refractivity contribution in [3.63, 3.8) is 0 Å².